The number of pyridine rings is 1. The van der Waals surface area contributed by atoms with Crippen LogP contribution in [0.1, 0.15) is 31.8 Å². The molecule has 0 atom stereocenters. The number of aldehydes is 1. The van der Waals surface area contributed by atoms with E-state index in [4.69, 9.17) is 9.47 Å². The normalized spacial score (nSPS) is 10.9. The Bertz CT molecular complexity index is 2060. The van der Waals surface area contributed by atoms with E-state index in [1.807, 2.05) is 60.7 Å². The Hall–Kier alpha value is -6.02. The van der Waals surface area contributed by atoms with Crippen molar-refractivity contribution in [3.05, 3.63) is 143 Å². The van der Waals surface area contributed by atoms with Gasteiger partial charge in [-0.15, -0.1) is 0 Å². The van der Waals surface area contributed by atoms with Gasteiger partial charge in [-0.25, -0.2) is 4.39 Å². The number of phenolic OH excluding ortho intramolecular Hbond substituents is 1. The lowest BCUT2D eigenvalue weighted by Crippen LogP contribution is -2.22. The minimum absolute atomic E-state index is 0.208. The molecule has 1 heterocycles. The molecule has 0 bridgehead atoms. The fourth-order valence-electron chi connectivity index (χ4n) is 5.26. The van der Waals surface area contributed by atoms with Gasteiger partial charge in [-0.1, -0.05) is 66.7 Å². The highest BCUT2D eigenvalue weighted by Crippen LogP contribution is 2.38. The summed E-state index contributed by atoms with van der Waals surface area (Å²) in [5, 5.41) is 11.1. The van der Waals surface area contributed by atoms with Crippen LogP contribution in [0.2, 0.25) is 0 Å². The molecule has 0 aliphatic rings. The van der Waals surface area contributed by atoms with Gasteiger partial charge in [0.2, 0.25) is 0 Å². The second kappa shape index (κ2) is 13.5. The van der Waals surface area contributed by atoms with E-state index in [1.54, 1.807) is 62.8 Å². The minimum atomic E-state index is -0.508. The van der Waals surface area contributed by atoms with E-state index in [1.165, 1.54) is 11.0 Å². The Labute approximate surface area is 271 Å². The summed E-state index contributed by atoms with van der Waals surface area (Å²) in [7, 11) is 3.38. The first-order valence-corrected chi connectivity index (χ1v) is 14.9. The SMILES string of the molecule is CN(C)C(=O)c1cc(-c2ccc(-c3ccc(C=O)cc3F)cn2)c2ccccc2c1OCc1ccc(OCc2ccc(O)cc2)cc1. The van der Waals surface area contributed by atoms with E-state index >= 15 is 0 Å². The van der Waals surface area contributed by atoms with Crippen molar-refractivity contribution >= 4 is 23.0 Å². The van der Waals surface area contributed by atoms with Gasteiger partial charge in [0.1, 0.15) is 42.6 Å². The molecule has 0 saturated carbocycles. The van der Waals surface area contributed by atoms with Gasteiger partial charge in [-0.3, -0.25) is 14.6 Å². The Morgan fingerprint density at radius 3 is 2.13 bits per heavy atom. The average molecular weight is 627 g/mol. The molecule has 0 fully saturated rings. The van der Waals surface area contributed by atoms with Gasteiger partial charge in [-0.05, 0) is 59.0 Å². The first kappa shape index (κ1) is 31.0. The number of benzene rings is 5. The molecule has 234 valence electrons. The van der Waals surface area contributed by atoms with Crippen molar-refractivity contribution in [3.8, 4) is 39.6 Å². The van der Waals surface area contributed by atoms with E-state index in [0.29, 0.717) is 46.8 Å². The Morgan fingerprint density at radius 1 is 0.809 bits per heavy atom. The quantitative estimate of drug-likeness (QED) is 0.155. The number of carbonyl (C=O) groups is 2. The summed E-state index contributed by atoms with van der Waals surface area (Å²) in [6, 6.07) is 31.8. The van der Waals surface area contributed by atoms with E-state index in [-0.39, 0.29) is 23.8 Å². The van der Waals surface area contributed by atoms with Gasteiger partial charge in [0.25, 0.3) is 5.91 Å². The summed E-state index contributed by atoms with van der Waals surface area (Å²) < 4.78 is 27.0. The average Bonchev–Trinajstić information content (AvgIpc) is 3.10. The number of hydrogen-bond donors (Lipinski definition) is 1. The van der Waals surface area contributed by atoms with Crippen LogP contribution >= 0.6 is 0 Å². The third kappa shape index (κ3) is 6.82. The van der Waals surface area contributed by atoms with Crippen molar-refractivity contribution in [2.24, 2.45) is 0 Å². The van der Waals surface area contributed by atoms with Crippen LogP contribution in [0.25, 0.3) is 33.2 Å². The maximum atomic E-state index is 14.7. The molecule has 8 heteroatoms. The third-order valence-corrected chi connectivity index (χ3v) is 7.76. The second-order valence-electron chi connectivity index (χ2n) is 11.2. The molecule has 6 aromatic rings. The number of aromatic hydroxyl groups is 1. The highest BCUT2D eigenvalue weighted by Gasteiger charge is 2.22. The third-order valence-electron chi connectivity index (χ3n) is 7.76. The topological polar surface area (TPSA) is 89.0 Å². The number of carbonyl (C=O) groups excluding carboxylic acids is 2. The lowest BCUT2D eigenvalue weighted by Gasteiger charge is -2.19. The summed E-state index contributed by atoms with van der Waals surface area (Å²) >= 11 is 0. The minimum Gasteiger partial charge on any atom is -0.508 e. The maximum Gasteiger partial charge on any atom is 0.257 e. The highest BCUT2D eigenvalue weighted by atomic mass is 19.1. The molecule has 0 spiro atoms. The number of rotatable bonds is 10. The van der Waals surface area contributed by atoms with Gasteiger partial charge in [-0.2, -0.15) is 0 Å². The molecule has 5 aromatic carbocycles. The van der Waals surface area contributed by atoms with Crippen molar-refractivity contribution in [1.29, 1.82) is 0 Å². The van der Waals surface area contributed by atoms with Crippen molar-refractivity contribution in [1.82, 2.24) is 9.88 Å². The summed E-state index contributed by atoms with van der Waals surface area (Å²) in [5.41, 5.74) is 4.72. The van der Waals surface area contributed by atoms with Gasteiger partial charge < -0.3 is 19.5 Å². The Kier molecular flexibility index (Phi) is 8.93. The van der Waals surface area contributed by atoms with E-state index in [0.717, 1.165) is 27.5 Å². The molecule has 0 aliphatic heterocycles. The smallest absolute Gasteiger partial charge is 0.257 e. The second-order valence-corrected chi connectivity index (χ2v) is 11.2. The molecular formula is C39H31FN2O5. The number of phenols is 1. The van der Waals surface area contributed by atoms with Gasteiger partial charge >= 0.3 is 0 Å². The predicted molar refractivity (Wildman–Crippen MR) is 179 cm³/mol. The van der Waals surface area contributed by atoms with Crippen molar-refractivity contribution in [3.63, 3.8) is 0 Å². The number of halogens is 1. The first-order valence-electron chi connectivity index (χ1n) is 14.9. The molecule has 0 aliphatic carbocycles. The fraction of sp³-hybridized carbons (Fsp3) is 0.103. The predicted octanol–water partition coefficient (Wildman–Crippen LogP) is 8.09. The number of amides is 1. The highest BCUT2D eigenvalue weighted by molar-refractivity contribution is 6.09. The van der Waals surface area contributed by atoms with E-state index in [2.05, 4.69) is 4.98 Å². The molecule has 7 nitrogen and oxygen atoms in total. The van der Waals surface area contributed by atoms with Crippen molar-refractivity contribution in [2.75, 3.05) is 14.1 Å². The zero-order valence-corrected chi connectivity index (χ0v) is 25.8. The summed E-state index contributed by atoms with van der Waals surface area (Å²) in [5.74, 6) is 0.633. The first-order chi connectivity index (χ1) is 22.8. The van der Waals surface area contributed by atoms with Crippen LogP contribution in [0.4, 0.5) is 4.39 Å². The monoisotopic (exact) mass is 626 g/mol. The number of aromatic nitrogens is 1. The Morgan fingerprint density at radius 2 is 1.49 bits per heavy atom. The van der Waals surface area contributed by atoms with Crippen LogP contribution in [0, 0.1) is 5.82 Å². The lowest BCUT2D eigenvalue weighted by atomic mass is 9.95. The van der Waals surface area contributed by atoms with Gasteiger partial charge in [0, 0.05) is 47.9 Å². The van der Waals surface area contributed by atoms with Crippen LogP contribution in [-0.2, 0) is 13.2 Å². The van der Waals surface area contributed by atoms with Gasteiger partial charge in [0.15, 0.2) is 0 Å². The molecular weight excluding hydrogens is 595 g/mol. The molecule has 0 saturated heterocycles. The number of fused-ring (bicyclic) bond motifs is 1. The van der Waals surface area contributed by atoms with E-state index in [9.17, 15) is 19.1 Å². The number of nitrogens with zero attached hydrogens (tertiary/aromatic N) is 2. The molecule has 0 radical (unpaired) electrons. The summed E-state index contributed by atoms with van der Waals surface area (Å²) in [6.45, 7) is 0.587. The van der Waals surface area contributed by atoms with Crippen LogP contribution in [-0.4, -0.2) is 41.3 Å². The number of hydrogen-bond acceptors (Lipinski definition) is 6. The van der Waals surface area contributed by atoms with Crippen molar-refractivity contribution in [2.45, 2.75) is 13.2 Å². The molecule has 1 amide bonds. The van der Waals surface area contributed by atoms with Crippen LogP contribution in [0.3, 0.4) is 0 Å². The fourth-order valence-corrected chi connectivity index (χ4v) is 5.26. The maximum absolute atomic E-state index is 14.7. The standard InChI is InChI=1S/C39H31FN2O5/c1-42(2)39(45)35-20-34(37-18-12-28(21-41-37)31-17-11-27(22-43)19-36(31)40)32-5-3-4-6-33(32)38(35)47-24-26-9-15-30(16-10-26)46-23-25-7-13-29(44)14-8-25/h3-22,44H,23-24H2,1-2H3. The molecule has 1 N–H and O–H groups in total. The zero-order chi connectivity index (χ0) is 32.9. The largest absolute Gasteiger partial charge is 0.508 e. The Balaban J connectivity index is 1.28. The van der Waals surface area contributed by atoms with Crippen molar-refractivity contribution < 1.29 is 28.6 Å². The number of ether oxygens (including phenoxy) is 2. The summed E-state index contributed by atoms with van der Waals surface area (Å²) in [6.07, 6.45) is 2.19. The molecule has 0 unspecified atom stereocenters. The lowest BCUT2D eigenvalue weighted by molar-refractivity contribution is 0.0823. The summed E-state index contributed by atoms with van der Waals surface area (Å²) in [4.78, 5) is 30.7. The zero-order valence-electron chi connectivity index (χ0n) is 25.8. The van der Waals surface area contributed by atoms with E-state index < -0.39 is 5.82 Å². The molecule has 6 rings (SSSR count). The van der Waals surface area contributed by atoms with Crippen LogP contribution in [0.15, 0.2) is 115 Å². The van der Waals surface area contributed by atoms with Crippen LogP contribution < -0.4 is 9.47 Å². The van der Waals surface area contributed by atoms with Crippen LogP contribution in [0.5, 0.6) is 17.2 Å². The van der Waals surface area contributed by atoms with Gasteiger partial charge in [0.05, 0.1) is 11.3 Å². The molecule has 47 heavy (non-hydrogen) atoms. The molecule has 1 aromatic heterocycles.